The fraction of sp³-hybridized carbons (Fsp3) is 0.438. The lowest BCUT2D eigenvalue weighted by molar-refractivity contribution is 0.122. The van der Waals surface area contributed by atoms with Crippen LogP contribution in [0, 0.1) is 0 Å². The van der Waals surface area contributed by atoms with Crippen LogP contribution in [0.4, 0.5) is 11.6 Å². The van der Waals surface area contributed by atoms with Crippen LogP contribution in [-0.4, -0.2) is 47.3 Å². The van der Waals surface area contributed by atoms with Crippen molar-refractivity contribution in [3.05, 3.63) is 30.7 Å². The molecule has 1 aliphatic heterocycles. The number of nitrogens with zero attached hydrogens (tertiary/aromatic N) is 4. The van der Waals surface area contributed by atoms with E-state index in [2.05, 4.69) is 37.3 Å². The Kier molecular flexibility index (Phi) is 3.60. The zero-order chi connectivity index (χ0) is 14.8. The van der Waals surface area contributed by atoms with E-state index in [0.29, 0.717) is 6.04 Å². The van der Waals surface area contributed by atoms with Crippen LogP contribution >= 0.6 is 0 Å². The lowest BCUT2D eigenvalue weighted by atomic mass is 10.2. The third-order valence-corrected chi connectivity index (χ3v) is 3.98. The molecule has 0 atom stereocenters. The van der Waals surface area contributed by atoms with E-state index in [9.17, 15) is 0 Å². The molecule has 6 nitrogen and oxygen atoms in total. The molecule has 0 radical (unpaired) electrons. The van der Waals surface area contributed by atoms with E-state index >= 15 is 0 Å². The van der Waals surface area contributed by atoms with Gasteiger partial charge in [0.25, 0.3) is 0 Å². The molecule has 1 aliphatic carbocycles. The highest BCUT2D eigenvalue weighted by Crippen LogP contribution is 2.26. The molecular formula is C16H19N5O. The summed E-state index contributed by atoms with van der Waals surface area (Å²) in [4.78, 5) is 15.4. The molecule has 6 heteroatoms. The Balaban J connectivity index is 1.52. The number of pyridine rings is 1. The zero-order valence-electron chi connectivity index (χ0n) is 12.4. The maximum absolute atomic E-state index is 5.37. The first-order valence-corrected chi connectivity index (χ1v) is 7.76. The topological polar surface area (TPSA) is 63.2 Å². The SMILES string of the molecule is c1nc(NC2CC2)cc(-c2ccc(N3CCOCC3)nc2)n1. The van der Waals surface area contributed by atoms with Crippen LogP contribution in [0.2, 0.25) is 0 Å². The van der Waals surface area contributed by atoms with Crippen LogP contribution in [0.1, 0.15) is 12.8 Å². The molecule has 2 aliphatic rings. The molecular weight excluding hydrogens is 278 g/mol. The van der Waals surface area contributed by atoms with E-state index in [1.165, 1.54) is 12.8 Å². The maximum Gasteiger partial charge on any atom is 0.130 e. The summed E-state index contributed by atoms with van der Waals surface area (Å²) in [6.07, 6.45) is 5.95. The quantitative estimate of drug-likeness (QED) is 0.930. The Labute approximate surface area is 129 Å². The van der Waals surface area contributed by atoms with Crippen molar-refractivity contribution < 1.29 is 4.74 Å². The Morgan fingerprint density at radius 2 is 1.95 bits per heavy atom. The minimum Gasteiger partial charge on any atom is -0.378 e. The highest BCUT2D eigenvalue weighted by Gasteiger charge is 2.21. The highest BCUT2D eigenvalue weighted by molar-refractivity contribution is 5.63. The molecule has 2 aromatic heterocycles. The first-order valence-electron chi connectivity index (χ1n) is 7.76. The Bertz CT molecular complexity index is 635. The van der Waals surface area contributed by atoms with Crippen LogP contribution in [0.15, 0.2) is 30.7 Å². The van der Waals surface area contributed by atoms with Crippen molar-refractivity contribution in [3.63, 3.8) is 0 Å². The van der Waals surface area contributed by atoms with E-state index in [-0.39, 0.29) is 0 Å². The van der Waals surface area contributed by atoms with Crippen LogP contribution in [0.5, 0.6) is 0 Å². The third kappa shape index (κ3) is 3.01. The fourth-order valence-corrected chi connectivity index (χ4v) is 2.55. The van der Waals surface area contributed by atoms with Gasteiger partial charge < -0.3 is 15.0 Å². The third-order valence-electron chi connectivity index (χ3n) is 3.98. The second-order valence-corrected chi connectivity index (χ2v) is 5.71. The summed E-state index contributed by atoms with van der Waals surface area (Å²) in [6.45, 7) is 3.34. The van der Waals surface area contributed by atoms with Gasteiger partial charge in [-0.3, -0.25) is 0 Å². The molecule has 2 aromatic rings. The van der Waals surface area contributed by atoms with Crippen molar-refractivity contribution in [2.45, 2.75) is 18.9 Å². The second kappa shape index (κ2) is 5.88. The Morgan fingerprint density at radius 3 is 2.68 bits per heavy atom. The summed E-state index contributed by atoms with van der Waals surface area (Å²) in [5.41, 5.74) is 1.91. The van der Waals surface area contributed by atoms with Crippen molar-refractivity contribution in [2.75, 3.05) is 36.5 Å². The molecule has 0 bridgehead atoms. The summed E-state index contributed by atoms with van der Waals surface area (Å²) in [7, 11) is 0. The number of nitrogens with one attached hydrogen (secondary N) is 1. The van der Waals surface area contributed by atoms with Gasteiger partial charge in [0.1, 0.15) is 18.0 Å². The lowest BCUT2D eigenvalue weighted by Crippen LogP contribution is -2.36. The van der Waals surface area contributed by atoms with Gasteiger partial charge in [0.2, 0.25) is 0 Å². The van der Waals surface area contributed by atoms with Gasteiger partial charge in [-0.1, -0.05) is 0 Å². The standard InChI is InChI=1S/C16H19N5O/c1-4-16(21-5-7-22-8-6-21)17-10-12(1)14-9-15(19-11-18-14)20-13-2-3-13/h1,4,9-11,13H,2-3,5-8H2,(H,18,19,20). The Morgan fingerprint density at radius 1 is 1.09 bits per heavy atom. The Hall–Kier alpha value is -2.21. The summed E-state index contributed by atoms with van der Waals surface area (Å²) >= 11 is 0. The average molecular weight is 297 g/mol. The number of anilines is 2. The van der Waals surface area contributed by atoms with E-state index in [1.807, 2.05) is 12.3 Å². The predicted octanol–water partition coefficient (Wildman–Crippen LogP) is 1.95. The first-order chi connectivity index (χ1) is 10.9. The first kappa shape index (κ1) is 13.5. The molecule has 4 rings (SSSR count). The largest absolute Gasteiger partial charge is 0.378 e. The second-order valence-electron chi connectivity index (χ2n) is 5.71. The predicted molar refractivity (Wildman–Crippen MR) is 84.9 cm³/mol. The lowest BCUT2D eigenvalue weighted by Gasteiger charge is -2.27. The van der Waals surface area contributed by atoms with E-state index in [1.54, 1.807) is 6.33 Å². The molecule has 2 fully saturated rings. The molecule has 3 heterocycles. The summed E-state index contributed by atoms with van der Waals surface area (Å²) in [6, 6.07) is 6.70. The van der Waals surface area contributed by atoms with Crippen LogP contribution in [0.25, 0.3) is 11.3 Å². The molecule has 114 valence electrons. The number of hydrogen-bond acceptors (Lipinski definition) is 6. The van der Waals surface area contributed by atoms with Crippen molar-refractivity contribution in [2.24, 2.45) is 0 Å². The monoisotopic (exact) mass is 297 g/mol. The summed E-state index contributed by atoms with van der Waals surface area (Å²) in [5.74, 6) is 1.89. The number of morpholine rings is 1. The van der Waals surface area contributed by atoms with Gasteiger partial charge in [0.15, 0.2) is 0 Å². The number of ether oxygens (including phenoxy) is 1. The molecule has 0 spiro atoms. The van der Waals surface area contributed by atoms with Crippen LogP contribution < -0.4 is 10.2 Å². The van der Waals surface area contributed by atoms with Gasteiger partial charge in [0, 0.05) is 37.0 Å². The van der Waals surface area contributed by atoms with E-state index in [0.717, 1.165) is 49.2 Å². The van der Waals surface area contributed by atoms with Crippen molar-refractivity contribution in [1.82, 2.24) is 15.0 Å². The summed E-state index contributed by atoms with van der Waals surface area (Å²) in [5, 5.41) is 3.40. The van der Waals surface area contributed by atoms with Gasteiger partial charge in [-0.05, 0) is 25.0 Å². The van der Waals surface area contributed by atoms with E-state index < -0.39 is 0 Å². The van der Waals surface area contributed by atoms with Crippen molar-refractivity contribution >= 4 is 11.6 Å². The molecule has 1 N–H and O–H groups in total. The fourth-order valence-electron chi connectivity index (χ4n) is 2.55. The maximum atomic E-state index is 5.37. The minimum atomic E-state index is 0.588. The normalized spacial score (nSPS) is 18.3. The minimum absolute atomic E-state index is 0.588. The number of aromatic nitrogens is 3. The van der Waals surface area contributed by atoms with Crippen LogP contribution in [-0.2, 0) is 4.74 Å². The van der Waals surface area contributed by atoms with Gasteiger partial charge in [0.05, 0.1) is 18.9 Å². The molecule has 22 heavy (non-hydrogen) atoms. The van der Waals surface area contributed by atoms with E-state index in [4.69, 9.17) is 4.74 Å². The zero-order valence-corrected chi connectivity index (χ0v) is 12.4. The molecule has 1 saturated carbocycles. The van der Waals surface area contributed by atoms with Crippen molar-refractivity contribution in [3.8, 4) is 11.3 Å². The van der Waals surface area contributed by atoms with Crippen LogP contribution in [0.3, 0.4) is 0 Å². The highest BCUT2D eigenvalue weighted by atomic mass is 16.5. The molecule has 0 amide bonds. The van der Waals surface area contributed by atoms with Gasteiger partial charge in [-0.15, -0.1) is 0 Å². The molecule has 1 saturated heterocycles. The van der Waals surface area contributed by atoms with Gasteiger partial charge in [-0.2, -0.15) is 0 Å². The number of hydrogen-bond donors (Lipinski definition) is 1. The average Bonchev–Trinajstić information content (AvgIpc) is 3.40. The molecule has 0 aromatic carbocycles. The smallest absolute Gasteiger partial charge is 0.130 e. The van der Waals surface area contributed by atoms with Gasteiger partial charge in [-0.25, -0.2) is 15.0 Å². The summed E-state index contributed by atoms with van der Waals surface area (Å²) < 4.78 is 5.37. The van der Waals surface area contributed by atoms with Gasteiger partial charge >= 0.3 is 0 Å². The van der Waals surface area contributed by atoms with Crippen molar-refractivity contribution in [1.29, 1.82) is 0 Å². The molecule has 0 unspecified atom stereocenters. The number of rotatable bonds is 4.